The number of benzene rings is 2. The molecule has 0 radical (unpaired) electrons. The van der Waals surface area contributed by atoms with Gasteiger partial charge < -0.3 is 0 Å². The molecular weight excluding hydrogens is 303 g/mol. The third kappa shape index (κ3) is 3.66. The zero-order valence-electron chi connectivity index (χ0n) is 13.3. The van der Waals surface area contributed by atoms with E-state index in [0.717, 1.165) is 11.1 Å². The van der Waals surface area contributed by atoms with Crippen LogP contribution in [0.4, 0.5) is 10.2 Å². The number of rotatable bonds is 4. The monoisotopic (exact) mass is 320 g/mol. The first kappa shape index (κ1) is 15.9. The van der Waals surface area contributed by atoms with E-state index < -0.39 is 0 Å². The molecule has 0 fully saturated rings. The summed E-state index contributed by atoms with van der Waals surface area (Å²) in [5.74, 6) is 0.124. The number of aromatic nitrogens is 1. The Balaban J connectivity index is 1.94. The molecule has 0 saturated heterocycles. The lowest BCUT2D eigenvalue weighted by Crippen LogP contribution is -2.31. The Kier molecular flexibility index (Phi) is 4.66. The van der Waals surface area contributed by atoms with Crippen molar-refractivity contribution in [1.29, 1.82) is 0 Å². The Morgan fingerprint density at radius 1 is 1.00 bits per heavy atom. The van der Waals surface area contributed by atoms with Gasteiger partial charge in [0, 0.05) is 11.8 Å². The van der Waals surface area contributed by atoms with Crippen LogP contribution in [0.3, 0.4) is 0 Å². The van der Waals surface area contributed by atoms with Crippen LogP contribution in [0.5, 0.6) is 0 Å². The predicted molar refractivity (Wildman–Crippen MR) is 92.3 cm³/mol. The van der Waals surface area contributed by atoms with Crippen molar-refractivity contribution in [3.8, 4) is 0 Å². The summed E-state index contributed by atoms with van der Waals surface area (Å²) in [5.41, 5.74) is 2.52. The van der Waals surface area contributed by atoms with Gasteiger partial charge in [0.25, 0.3) is 5.91 Å². The Morgan fingerprint density at radius 2 is 1.71 bits per heavy atom. The van der Waals surface area contributed by atoms with E-state index in [0.29, 0.717) is 17.9 Å². The first-order valence-electron chi connectivity index (χ1n) is 7.67. The molecule has 4 heteroatoms. The minimum absolute atomic E-state index is 0.141. The first-order chi connectivity index (χ1) is 11.6. The van der Waals surface area contributed by atoms with Crippen molar-refractivity contribution in [2.45, 2.75) is 13.5 Å². The molecule has 0 bridgehead atoms. The normalized spacial score (nSPS) is 10.4. The smallest absolute Gasteiger partial charge is 0.259 e. The summed E-state index contributed by atoms with van der Waals surface area (Å²) in [5, 5.41) is 0. The van der Waals surface area contributed by atoms with Crippen LogP contribution >= 0.6 is 0 Å². The van der Waals surface area contributed by atoms with Crippen molar-refractivity contribution < 1.29 is 9.18 Å². The molecule has 0 N–H and O–H groups in total. The predicted octanol–water partition coefficient (Wildman–Crippen LogP) is 4.38. The summed E-state index contributed by atoms with van der Waals surface area (Å²) in [6, 6.07) is 19.0. The van der Waals surface area contributed by atoms with Gasteiger partial charge in [0.2, 0.25) is 0 Å². The Labute approximate surface area is 140 Å². The fourth-order valence-electron chi connectivity index (χ4n) is 2.39. The summed E-state index contributed by atoms with van der Waals surface area (Å²) in [4.78, 5) is 18.8. The summed E-state index contributed by atoms with van der Waals surface area (Å²) in [6.45, 7) is 2.30. The number of carbonyl (C=O) groups excluding carboxylic acids is 1. The number of halogens is 1. The number of carbonyl (C=O) groups is 1. The Morgan fingerprint density at radius 3 is 2.33 bits per heavy atom. The van der Waals surface area contributed by atoms with Crippen LogP contribution in [0, 0.1) is 12.7 Å². The van der Waals surface area contributed by atoms with Crippen LogP contribution in [0.25, 0.3) is 0 Å². The van der Waals surface area contributed by atoms with Crippen molar-refractivity contribution in [2.75, 3.05) is 4.90 Å². The highest BCUT2D eigenvalue weighted by Crippen LogP contribution is 2.18. The quantitative estimate of drug-likeness (QED) is 0.715. The number of hydrogen-bond acceptors (Lipinski definition) is 2. The van der Waals surface area contributed by atoms with Gasteiger partial charge >= 0.3 is 0 Å². The fourth-order valence-corrected chi connectivity index (χ4v) is 2.39. The molecule has 0 atom stereocenters. The standard InChI is InChI=1S/C20H17FN2O/c1-15-5-9-17(10-6-15)20(24)23(19-4-2-3-13-22-19)14-16-7-11-18(21)12-8-16/h2-13H,14H2,1H3. The van der Waals surface area contributed by atoms with Gasteiger partial charge in [0.1, 0.15) is 11.6 Å². The third-order valence-electron chi connectivity index (χ3n) is 3.72. The molecule has 0 spiro atoms. The molecule has 24 heavy (non-hydrogen) atoms. The van der Waals surface area contributed by atoms with E-state index in [2.05, 4.69) is 4.98 Å². The Hall–Kier alpha value is -3.01. The maximum absolute atomic E-state index is 13.1. The van der Waals surface area contributed by atoms with E-state index in [4.69, 9.17) is 0 Å². The van der Waals surface area contributed by atoms with Crippen LogP contribution in [0.15, 0.2) is 72.9 Å². The largest absolute Gasteiger partial charge is 0.288 e. The minimum atomic E-state index is -0.298. The van der Waals surface area contributed by atoms with Gasteiger partial charge in [-0.1, -0.05) is 35.9 Å². The van der Waals surface area contributed by atoms with Gasteiger partial charge in [-0.15, -0.1) is 0 Å². The molecule has 3 rings (SSSR count). The molecule has 0 aliphatic carbocycles. The first-order valence-corrected chi connectivity index (χ1v) is 7.67. The second-order valence-corrected chi connectivity index (χ2v) is 5.57. The van der Waals surface area contributed by atoms with Crippen molar-refractivity contribution >= 4 is 11.7 Å². The lowest BCUT2D eigenvalue weighted by molar-refractivity contribution is 0.0984. The lowest BCUT2D eigenvalue weighted by atomic mass is 10.1. The van der Waals surface area contributed by atoms with Crippen LogP contribution in [0.1, 0.15) is 21.5 Å². The molecule has 2 aromatic carbocycles. The highest BCUT2D eigenvalue weighted by atomic mass is 19.1. The second kappa shape index (κ2) is 7.04. The SMILES string of the molecule is Cc1ccc(C(=O)N(Cc2ccc(F)cc2)c2ccccn2)cc1. The van der Waals surface area contributed by atoms with Gasteiger partial charge in [-0.2, -0.15) is 0 Å². The topological polar surface area (TPSA) is 33.2 Å². The third-order valence-corrected chi connectivity index (χ3v) is 3.72. The van der Waals surface area contributed by atoms with Gasteiger partial charge in [-0.3, -0.25) is 9.69 Å². The summed E-state index contributed by atoms with van der Waals surface area (Å²) in [6.07, 6.45) is 1.65. The highest BCUT2D eigenvalue weighted by molar-refractivity contribution is 6.05. The molecule has 0 aliphatic heterocycles. The highest BCUT2D eigenvalue weighted by Gasteiger charge is 2.19. The molecule has 0 saturated carbocycles. The van der Waals surface area contributed by atoms with E-state index in [1.54, 1.807) is 47.5 Å². The number of anilines is 1. The van der Waals surface area contributed by atoms with Crippen LogP contribution in [-0.2, 0) is 6.54 Å². The van der Waals surface area contributed by atoms with Gasteiger partial charge in [0.05, 0.1) is 6.54 Å². The average molecular weight is 320 g/mol. The molecule has 3 nitrogen and oxygen atoms in total. The van der Waals surface area contributed by atoms with Crippen molar-refractivity contribution in [2.24, 2.45) is 0 Å². The molecule has 0 unspecified atom stereocenters. The van der Waals surface area contributed by atoms with Crippen LogP contribution in [0.2, 0.25) is 0 Å². The minimum Gasteiger partial charge on any atom is -0.288 e. The molecule has 1 aromatic heterocycles. The number of pyridine rings is 1. The summed E-state index contributed by atoms with van der Waals surface area (Å²) in [7, 11) is 0. The molecule has 1 heterocycles. The van der Waals surface area contributed by atoms with Crippen molar-refractivity contribution in [3.63, 3.8) is 0 Å². The number of hydrogen-bond donors (Lipinski definition) is 0. The average Bonchev–Trinajstić information content (AvgIpc) is 2.62. The molecule has 3 aromatic rings. The maximum atomic E-state index is 13.1. The zero-order valence-corrected chi connectivity index (χ0v) is 13.3. The van der Waals surface area contributed by atoms with E-state index in [-0.39, 0.29) is 11.7 Å². The van der Waals surface area contributed by atoms with Crippen LogP contribution < -0.4 is 4.90 Å². The van der Waals surface area contributed by atoms with Crippen LogP contribution in [-0.4, -0.2) is 10.9 Å². The van der Waals surface area contributed by atoms with E-state index in [1.807, 2.05) is 25.1 Å². The van der Waals surface area contributed by atoms with E-state index >= 15 is 0 Å². The fraction of sp³-hybridized carbons (Fsp3) is 0.100. The van der Waals surface area contributed by atoms with Gasteiger partial charge in [-0.25, -0.2) is 9.37 Å². The van der Waals surface area contributed by atoms with E-state index in [1.165, 1.54) is 12.1 Å². The second-order valence-electron chi connectivity index (χ2n) is 5.57. The van der Waals surface area contributed by atoms with E-state index in [9.17, 15) is 9.18 Å². The lowest BCUT2D eigenvalue weighted by Gasteiger charge is -2.22. The molecule has 120 valence electrons. The molecular formula is C20H17FN2O. The number of amides is 1. The zero-order chi connectivity index (χ0) is 16.9. The summed E-state index contributed by atoms with van der Waals surface area (Å²) < 4.78 is 13.1. The summed E-state index contributed by atoms with van der Waals surface area (Å²) >= 11 is 0. The van der Waals surface area contributed by atoms with Crippen molar-refractivity contribution in [1.82, 2.24) is 4.98 Å². The maximum Gasteiger partial charge on any atom is 0.259 e. The number of aryl methyl sites for hydroxylation is 1. The molecule has 1 amide bonds. The van der Waals surface area contributed by atoms with Gasteiger partial charge in [-0.05, 0) is 48.9 Å². The van der Waals surface area contributed by atoms with Crippen molar-refractivity contribution in [3.05, 3.63) is 95.4 Å². The Bertz CT molecular complexity index is 815. The molecule has 0 aliphatic rings. The van der Waals surface area contributed by atoms with Gasteiger partial charge in [0.15, 0.2) is 0 Å². The number of nitrogens with zero attached hydrogens (tertiary/aromatic N) is 2.